The van der Waals surface area contributed by atoms with Crippen LogP contribution >= 0.6 is 0 Å². The molecule has 0 saturated carbocycles. The average Bonchev–Trinajstić information content (AvgIpc) is 2.37. The summed E-state index contributed by atoms with van der Waals surface area (Å²) in [7, 11) is 0. The molecular formula is C16H23NO3. The van der Waals surface area contributed by atoms with Crippen molar-refractivity contribution in [2.75, 3.05) is 0 Å². The maximum Gasteiger partial charge on any atom is 0.326 e. The largest absolute Gasteiger partial charge is 0.480 e. The summed E-state index contributed by atoms with van der Waals surface area (Å²) in [4.78, 5) is 23.4. The van der Waals surface area contributed by atoms with Gasteiger partial charge in [-0.25, -0.2) is 4.79 Å². The molecule has 0 bridgehead atoms. The van der Waals surface area contributed by atoms with E-state index in [0.717, 1.165) is 5.56 Å². The van der Waals surface area contributed by atoms with Gasteiger partial charge in [0.05, 0.1) is 0 Å². The number of benzene rings is 1. The Kier molecular flexibility index (Phi) is 5.31. The van der Waals surface area contributed by atoms with Crippen LogP contribution in [0.5, 0.6) is 0 Å². The molecule has 0 spiro atoms. The number of aliphatic carboxylic acids is 1. The van der Waals surface area contributed by atoms with Crippen LogP contribution in [-0.4, -0.2) is 23.0 Å². The van der Waals surface area contributed by atoms with Crippen LogP contribution in [0.3, 0.4) is 0 Å². The molecule has 2 N–H and O–H groups in total. The van der Waals surface area contributed by atoms with Crippen molar-refractivity contribution in [3.8, 4) is 0 Å². The van der Waals surface area contributed by atoms with Crippen LogP contribution in [0.25, 0.3) is 0 Å². The van der Waals surface area contributed by atoms with E-state index in [4.69, 9.17) is 0 Å². The van der Waals surface area contributed by atoms with Crippen molar-refractivity contribution >= 4 is 11.9 Å². The number of carboxylic acid groups (broad SMARTS) is 1. The maximum atomic E-state index is 12.1. The summed E-state index contributed by atoms with van der Waals surface area (Å²) in [5.74, 6) is -1.48. The van der Waals surface area contributed by atoms with E-state index in [9.17, 15) is 14.7 Å². The van der Waals surface area contributed by atoms with Crippen LogP contribution < -0.4 is 5.32 Å². The van der Waals surface area contributed by atoms with Gasteiger partial charge in [0.25, 0.3) is 0 Å². The van der Waals surface area contributed by atoms with E-state index in [1.807, 2.05) is 58.0 Å². The van der Waals surface area contributed by atoms with E-state index < -0.39 is 12.0 Å². The normalized spacial score (nSPS) is 14.4. The number of rotatable bonds is 5. The van der Waals surface area contributed by atoms with Gasteiger partial charge in [0.15, 0.2) is 0 Å². The fourth-order valence-electron chi connectivity index (χ4n) is 1.74. The summed E-state index contributed by atoms with van der Waals surface area (Å²) in [5.41, 5.74) is 0.698. The van der Waals surface area contributed by atoms with E-state index in [0.29, 0.717) is 6.42 Å². The third-order valence-electron chi connectivity index (χ3n) is 3.59. The van der Waals surface area contributed by atoms with Crippen LogP contribution in [0, 0.1) is 11.3 Å². The minimum Gasteiger partial charge on any atom is -0.480 e. The second kappa shape index (κ2) is 6.55. The number of carboxylic acids is 1. The first-order chi connectivity index (χ1) is 9.21. The molecule has 0 aliphatic carbocycles. The van der Waals surface area contributed by atoms with Crippen LogP contribution in [0.2, 0.25) is 0 Å². The highest BCUT2D eigenvalue weighted by molar-refractivity contribution is 5.85. The third kappa shape index (κ3) is 4.68. The molecule has 0 radical (unpaired) electrons. The van der Waals surface area contributed by atoms with Gasteiger partial charge in [-0.3, -0.25) is 4.79 Å². The number of carbonyl (C=O) groups is 2. The first-order valence-corrected chi connectivity index (χ1v) is 6.79. The van der Waals surface area contributed by atoms with E-state index in [1.165, 1.54) is 0 Å². The first-order valence-electron chi connectivity index (χ1n) is 6.79. The second-order valence-electron chi connectivity index (χ2n) is 6.18. The van der Waals surface area contributed by atoms with Crippen LogP contribution in [-0.2, 0) is 16.0 Å². The molecule has 2 unspecified atom stereocenters. The van der Waals surface area contributed by atoms with Crippen LogP contribution in [0.1, 0.15) is 33.3 Å². The van der Waals surface area contributed by atoms with Gasteiger partial charge in [0.1, 0.15) is 6.04 Å². The minimum atomic E-state index is -1.01. The van der Waals surface area contributed by atoms with Crippen LogP contribution in [0.4, 0.5) is 0 Å². The lowest BCUT2D eigenvalue weighted by molar-refractivity contribution is -0.143. The van der Waals surface area contributed by atoms with Gasteiger partial charge in [-0.05, 0) is 11.0 Å². The van der Waals surface area contributed by atoms with E-state index in [-0.39, 0.29) is 17.2 Å². The van der Waals surface area contributed by atoms with Crippen molar-refractivity contribution in [2.24, 2.45) is 11.3 Å². The highest BCUT2D eigenvalue weighted by Crippen LogP contribution is 2.25. The lowest BCUT2D eigenvalue weighted by Crippen LogP contribution is -2.46. The second-order valence-corrected chi connectivity index (χ2v) is 6.18. The van der Waals surface area contributed by atoms with Gasteiger partial charge in [-0.1, -0.05) is 58.0 Å². The van der Waals surface area contributed by atoms with Gasteiger partial charge in [-0.2, -0.15) is 0 Å². The summed E-state index contributed by atoms with van der Waals surface area (Å²) in [6.45, 7) is 7.70. The Balaban J connectivity index is 2.74. The molecule has 1 aromatic carbocycles. The fraction of sp³-hybridized carbons (Fsp3) is 0.500. The van der Waals surface area contributed by atoms with Gasteiger partial charge in [-0.15, -0.1) is 0 Å². The van der Waals surface area contributed by atoms with E-state index >= 15 is 0 Å². The van der Waals surface area contributed by atoms with Crippen LogP contribution in [0.15, 0.2) is 30.3 Å². The highest BCUT2D eigenvalue weighted by atomic mass is 16.4. The number of amides is 1. The molecule has 4 heteroatoms. The Hall–Kier alpha value is -1.84. The number of nitrogens with one attached hydrogen (secondary N) is 1. The molecule has 4 nitrogen and oxygen atoms in total. The molecule has 110 valence electrons. The average molecular weight is 277 g/mol. The topological polar surface area (TPSA) is 66.4 Å². The van der Waals surface area contributed by atoms with Crippen molar-refractivity contribution in [1.82, 2.24) is 5.32 Å². The standard InChI is InChI=1S/C16H23NO3/c1-11(16(2,3)4)14(18)17-13(15(19)20)10-12-8-6-5-7-9-12/h5-9,11,13H,10H2,1-4H3,(H,17,18)(H,19,20). The Labute approximate surface area is 120 Å². The molecule has 0 aliphatic heterocycles. The predicted octanol–water partition coefficient (Wildman–Crippen LogP) is 2.48. The van der Waals surface area contributed by atoms with Crippen molar-refractivity contribution < 1.29 is 14.7 Å². The Morgan fingerprint density at radius 3 is 2.20 bits per heavy atom. The molecule has 0 aromatic heterocycles. The summed E-state index contributed by atoms with van der Waals surface area (Å²) in [6, 6.07) is 8.40. The fourth-order valence-corrected chi connectivity index (χ4v) is 1.74. The molecule has 1 aromatic rings. The lowest BCUT2D eigenvalue weighted by Gasteiger charge is -2.27. The zero-order valence-corrected chi connectivity index (χ0v) is 12.5. The maximum absolute atomic E-state index is 12.1. The van der Waals surface area contributed by atoms with Gasteiger partial charge in [0.2, 0.25) is 5.91 Å². The SMILES string of the molecule is CC(C(=O)NC(Cc1ccccc1)C(=O)O)C(C)(C)C. The van der Waals surface area contributed by atoms with E-state index in [2.05, 4.69) is 5.32 Å². The predicted molar refractivity (Wildman–Crippen MR) is 78.3 cm³/mol. The van der Waals surface area contributed by atoms with Gasteiger partial charge >= 0.3 is 5.97 Å². The summed E-state index contributed by atoms with van der Waals surface area (Å²) < 4.78 is 0. The van der Waals surface area contributed by atoms with Crippen molar-refractivity contribution in [2.45, 2.75) is 40.2 Å². The number of hydrogen-bond acceptors (Lipinski definition) is 2. The molecule has 0 fully saturated rings. The Morgan fingerprint density at radius 1 is 1.20 bits per heavy atom. The molecule has 0 heterocycles. The van der Waals surface area contributed by atoms with Gasteiger partial charge in [0, 0.05) is 12.3 Å². The van der Waals surface area contributed by atoms with E-state index in [1.54, 1.807) is 0 Å². The van der Waals surface area contributed by atoms with Crippen molar-refractivity contribution in [3.63, 3.8) is 0 Å². The quantitative estimate of drug-likeness (QED) is 0.869. The Morgan fingerprint density at radius 2 is 1.75 bits per heavy atom. The summed E-state index contributed by atoms with van der Waals surface area (Å²) >= 11 is 0. The molecule has 20 heavy (non-hydrogen) atoms. The zero-order chi connectivity index (χ0) is 15.3. The summed E-state index contributed by atoms with van der Waals surface area (Å²) in [5, 5.41) is 11.9. The number of carbonyl (C=O) groups excluding carboxylic acids is 1. The molecule has 2 atom stereocenters. The monoisotopic (exact) mass is 277 g/mol. The molecule has 1 amide bonds. The minimum absolute atomic E-state index is 0.195. The first kappa shape index (κ1) is 16.2. The molecule has 0 aliphatic rings. The van der Waals surface area contributed by atoms with Crippen molar-refractivity contribution in [3.05, 3.63) is 35.9 Å². The third-order valence-corrected chi connectivity index (χ3v) is 3.59. The van der Waals surface area contributed by atoms with Gasteiger partial charge < -0.3 is 10.4 Å². The molecule has 0 saturated heterocycles. The molecule has 1 rings (SSSR count). The lowest BCUT2D eigenvalue weighted by atomic mass is 9.81. The smallest absolute Gasteiger partial charge is 0.326 e. The number of hydrogen-bond donors (Lipinski definition) is 2. The zero-order valence-electron chi connectivity index (χ0n) is 12.5. The van der Waals surface area contributed by atoms with Crippen molar-refractivity contribution in [1.29, 1.82) is 0 Å². The highest BCUT2D eigenvalue weighted by Gasteiger charge is 2.30. The summed E-state index contributed by atoms with van der Waals surface area (Å²) in [6.07, 6.45) is 0.290. The molecular weight excluding hydrogens is 254 g/mol. The Bertz CT molecular complexity index is 462.